The van der Waals surface area contributed by atoms with Crippen LogP contribution in [0, 0.1) is 5.92 Å². The first-order valence-corrected chi connectivity index (χ1v) is 6.74. The highest BCUT2D eigenvalue weighted by Gasteiger charge is 2.27. The van der Waals surface area contributed by atoms with Crippen molar-refractivity contribution in [2.75, 3.05) is 25.0 Å². The fraction of sp³-hybridized carbons (Fsp3) is 0.636. The van der Waals surface area contributed by atoms with Gasteiger partial charge < -0.3 is 5.32 Å². The van der Waals surface area contributed by atoms with Gasteiger partial charge in [0.15, 0.2) is 5.13 Å². The number of thiazole rings is 1. The number of carbonyl (C=O) groups is 1. The fourth-order valence-electron chi connectivity index (χ4n) is 2.12. The van der Waals surface area contributed by atoms with Crippen molar-refractivity contribution in [2.45, 2.75) is 19.3 Å². The molecular formula is C11H15F2N3OS. The van der Waals surface area contributed by atoms with Gasteiger partial charge in [-0.3, -0.25) is 9.69 Å². The van der Waals surface area contributed by atoms with Crippen LogP contribution in [0.4, 0.5) is 13.9 Å². The van der Waals surface area contributed by atoms with Gasteiger partial charge in [0.05, 0.1) is 12.5 Å². The summed E-state index contributed by atoms with van der Waals surface area (Å²) in [6.45, 7) is 0.800. The molecule has 100 valence electrons. The topological polar surface area (TPSA) is 45.2 Å². The summed E-state index contributed by atoms with van der Waals surface area (Å²) < 4.78 is 24.6. The summed E-state index contributed by atoms with van der Waals surface area (Å²) >= 11 is 1.35. The molecule has 1 aromatic rings. The van der Waals surface area contributed by atoms with Gasteiger partial charge in [-0.2, -0.15) is 0 Å². The summed E-state index contributed by atoms with van der Waals surface area (Å²) in [4.78, 5) is 17.6. The van der Waals surface area contributed by atoms with E-state index in [1.807, 2.05) is 0 Å². The van der Waals surface area contributed by atoms with Gasteiger partial charge in [-0.05, 0) is 19.4 Å². The number of hydrogen-bond acceptors (Lipinski definition) is 4. The van der Waals surface area contributed by atoms with Crippen LogP contribution in [0.25, 0.3) is 0 Å². The van der Waals surface area contributed by atoms with Crippen LogP contribution >= 0.6 is 11.3 Å². The Morgan fingerprint density at radius 3 is 3.17 bits per heavy atom. The zero-order chi connectivity index (χ0) is 13.0. The minimum atomic E-state index is -2.34. The number of alkyl halides is 2. The van der Waals surface area contributed by atoms with E-state index in [2.05, 4.69) is 10.3 Å². The van der Waals surface area contributed by atoms with E-state index in [0.717, 1.165) is 12.8 Å². The highest BCUT2D eigenvalue weighted by atomic mass is 32.1. The zero-order valence-electron chi connectivity index (χ0n) is 9.81. The lowest BCUT2D eigenvalue weighted by Crippen LogP contribution is -2.42. The van der Waals surface area contributed by atoms with Gasteiger partial charge in [-0.15, -0.1) is 11.3 Å². The average Bonchev–Trinajstić information content (AvgIpc) is 2.81. The van der Waals surface area contributed by atoms with Crippen LogP contribution in [0.15, 0.2) is 11.6 Å². The Kier molecular flexibility index (Phi) is 4.60. The van der Waals surface area contributed by atoms with Crippen molar-refractivity contribution in [2.24, 2.45) is 5.92 Å². The lowest BCUT2D eigenvalue weighted by Gasteiger charge is -2.31. The second kappa shape index (κ2) is 6.19. The van der Waals surface area contributed by atoms with E-state index >= 15 is 0 Å². The van der Waals surface area contributed by atoms with Crippen molar-refractivity contribution in [3.05, 3.63) is 11.6 Å². The van der Waals surface area contributed by atoms with Crippen molar-refractivity contribution in [3.63, 3.8) is 0 Å². The number of likely N-dealkylation sites (tertiary alicyclic amines) is 1. The van der Waals surface area contributed by atoms with Crippen LogP contribution < -0.4 is 5.32 Å². The highest BCUT2D eigenvalue weighted by molar-refractivity contribution is 7.13. The zero-order valence-corrected chi connectivity index (χ0v) is 10.6. The summed E-state index contributed by atoms with van der Waals surface area (Å²) in [5.74, 6) is -0.342. The molecule has 0 spiro atoms. The van der Waals surface area contributed by atoms with Gasteiger partial charge in [-0.1, -0.05) is 0 Å². The molecule has 2 rings (SSSR count). The summed E-state index contributed by atoms with van der Waals surface area (Å²) in [6.07, 6.45) is 0.801. The molecule has 0 radical (unpaired) electrons. The summed E-state index contributed by atoms with van der Waals surface area (Å²) in [7, 11) is 0. The largest absolute Gasteiger partial charge is 0.302 e. The molecule has 4 nitrogen and oxygen atoms in total. The van der Waals surface area contributed by atoms with Crippen molar-refractivity contribution < 1.29 is 13.6 Å². The van der Waals surface area contributed by atoms with Crippen LogP contribution in [0.1, 0.15) is 12.8 Å². The normalized spacial score (nSPS) is 21.2. The quantitative estimate of drug-likeness (QED) is 0.915. The van der Waals surface area contributed by atoms with Crippen LogP contribution in [-0.2, 0) is 4.79 Å². The molecule has 1 aliphatic rings. The molecule has 18 heavy (non-hydrogen) atoms. The summed E-state index contributed by atoms with van der Waals surface area (Å²) in [5, 5.41) is 5.06. The van der Waals surface area contributed by atoms with Crippen LogP contribution in [0.5, 0.6) is 0 Å². The van der Waals surface area contributed by atoms with E-state index in [1.165, 1.54) is 11.3 Å². The Bertz CT molecular complexity index is 386. The molecule has 0 aromatic carbocycles. The van der Waals surface area contributed by atoms with Gasteiger partial charge in [0.25, 0.3) is 6.43 Å². The van der Waals surface area contributed by atoms with Crippen molar-refractivity contribution in [1.82, 2.24) is 9.88 Å². The molecule has 0 aliphatic carbocycles. The second-order valence-corrected chi connectivity index (χ2v) is 5.21. The number of hydrogen-bond donors (Lipinski definition) is 1. The molecule has 2 heterocycles. The van der Waals surface area contributed by atoms with E-state index in [1.54, 1.807) is 16.5 Å². The van der Waals surface area contributed by atoms with E-state index in [0.29, 0.717) is 18.2 Å². The van der Waals surface area contributed by atoms with Gasteiger partial charge in [0.1, 0.15) is 0 Å². The Morgan fingerprint density at radius 1 is 1.67 bits per heavy atom. The smallest absolute Gasteiger partial charge is 0.251 e. The Balaban J connectivity index is 1.86. The molecule has 1 saturated heterocycles. The molecule has 1 atom stereocenters. The van der Waals surface area contributed by atoms with Gasteiger partial charge in [0, 0.05) is 18.1 Å². The maximum absolute atomic E-state index is 12.3. The molecule has 1 N–H and O–H groups in total. The number of amides is 1. The predicted octanol–water partition coefficient (Wildman–Crippen LogP) is 2.06. The van der Waals surface area contributed by atoms with E-state index in [9.17, 15) is 13.6 Å². The standard InChI is InChI=1S/C11H15F2N3OS/c12-9(13)7-16-4-1-2-8(6-16)10(17)15-11-14-3-5-18-11/h3,5,8-9H,1-2,4,6-7H2,(H,14,15,17)/t8-/m0/s1. The number of nitrogens with zero attached hydrogens (tertiary/aromatic N) is 2. The summed E-state index contributed by atoms with van der Waals surface area (Å²) in [5.41, 5.74) is 0. The average molecular weight is 275 g/mol. The lowest BCUT2D eigenvalue weighted by molar-refractivity contribution is -0.121. The Morgan fingerprint density at radius 2 is 2.50 bits per heavy atom. The van der Waals surface area contributed by atoms with Crippen LogP contribution in [0.2, 0.25) is 0 Å². The van der Waals surface area contributed by atoms with Crippen molar-refractivity contribution >= 4 is 22.4 Å². The number of aromatic nitrogens is 1. The third kappa shape index (κ3) is 3.71. The number of halogens is 2. The van der Waals surface area contributed by atoms with Gasteiger partial charge >= 0.3 is 0 Å². The molecule has 0 saturated carbocycles. The third-order valence-corrected chi connectivity index (χ3v) is 3.62. The van der Waals surface area contributed by atoms with E-state index in [-0.39, 0.29) is 18.4 Å². The van der Waals surface area contributed by atoms with Crippen LogP contribution in [0.3, 0.4) is 0 Å². The van der Waals surface area contributed by atoms with E-state index < -0.39 is 6.43 Å². The third-order valence-electron chi connectivity index (χ3n) is 2.93. The summed E-state index contributed by atoms with van der Waals surface area (Å²) in [6, 6.07) is 0. The molecular weight excluding hydrogens is 260 g/mol. The molecule has 1 aromatic heterocycles. The molecule has 1 fully saturated rings. The minimum Gasteiger partial charge on any atom is -0.302 e. The molecule has 0 bridgehead atoms. The van der Waals surface area contributed by atoms with E-state index in [4.69, 9.17) is 0 Å². The maximum Gasteiger partial charge on any atom is 0.251 e. The van der Waals surface area contributed by atoms with Gasteiger partial charge in [-0.25, -0.2) is 13.8 Å². The highest BCUT2D eigenvalue weighted by Crippen LogP contribution is 2.20. The monoisotopic (exact) mass is 275 g/mol. The first kappa shape index (κ1) is 13.4. The lowest BCUT2D eigenvalue weighted by atomic mass is 9.97. The van der Waals surface area contributed by atoms with Gasteiger partial charge in [0.2, 0.25) is 5.91 Å². The fourth-order valence-corrected chi connectivity index (χ4v) is 2.66. The SMILES string of the molecule is O=C(Nc1nccs1)[C@H]1CCCN(CC(F)F)C1. The molecule has 7 heteroatoms. The molecule has 0 unspecified atom stereocenters. The first-order chi connectivity index (χ1) is 8.65. The maximum atomic E-state index is 12.3. The number of piperidine rings is 1. The van der Waals surface area contributed by atoms with Crippen LogP contribution in [-0.4, -0.2) is 41.9 Å². The second-order valence-electron chi connectivity index (χ2n) is 4.32. The molecule has 1 aliphatic heterocycles. The first-order valence-electron chi connectivity index (χ1n) is 5.86. The predicted molar refractivity (Wildman–Crippen MR) is 65.9 cm³/mol. The van der Waals surface area contributed by atoms with Crippen molar-refractivity contribution in [1.29, 1.82) is 0 Å². The number of anilines is 1. The molecule has 1 amide bonds. The Labute approximate surface area is 108 Å². The Hall–Kier alpha value is -1.08. The number of carbonyl (C=O) groups excluding carboxylic acids is 1. The van der Waals surface area contributed by atoms with Crippen molar-refractivity contribution in [3.8, 4) is 0 Å². The number of rotatable bonds is 4. The number of nitrogens with one attached hydrogen (secondary N) is 1. The minimum absolute atomic E-state index is 0.121.